The maximum absolute atomic E-state index is 11.1. The van der Waals surface area contributed by atoms with Crippen LogP contribution in [0.25, 0.3) is 0 Å². The van der Waals surface area contributed by atoms with Gasteiger partial charge < -0.3 is 5.32 Å². The summed E-state index contributed by atoms with van der Waals surface area (Å²) in [5, 5.41) is 3.11. The molecule has 4 heteroatoms. The molecular formula is C10H11Br2NO. The Labute approximate surface area is 100 Å². The van der Waals surface area contributed by atoms with Crippen LogP contribution in [0.1, 0.15) is 11.1 Å². The predicted octanol–water partition coefficient (Wildman–Crippen LogP) is 3.40. The molecule has 0 spiro atoms. The normalized spacial score (nSPS) is 10.0. The van der Waals surface area contributed by atoms with Crippen LogP contribution in [-0.4, -0.2) is 11.2 Å². The standard InChI is InChI=1S/C10H11Br2NO/c1-6-3-8(13-9(14)5-11)4-7(2)10(6)12/h3-4H,5H2,1-2H3,(H,13,14). The molecule has 1 aromatic rings. The van der Waals surface area contributed by atoms with Crippen LogP contribution in [0.3, 0.4) is 0 Å². The molecule has 0 fully saturated rings. The van der Waals surface area contributed by atoms with Gasteiger partial charge >= 0.3 is 0 Å². The van der Waals surface area contributed by atoms with Gasteiger partial charge in [-0.25, -0.2) is 0 Å². The minimum atomic E-state index is -0.0360. The molecule has 1 N–H and O–H groups in total. The van der Waals surface area contributed by atoms with E-state index in [-0.39, 0.29) is 5.91 Å². The Bertz CT molecular complexity index is 340. The van der Waals surface area contributed by atoms with E-state index < -0.39 is 0 Å². The maximum atomic E-state index is 11.1. The minimum Gasteiger partial charge on any atom is -0.325 e. The lowest BCUT2D eigenvalue weighted by atomic mass is 10.1. The van der Waals surface area contributed by atoms with Crippen molar-refractivity contribution in [3.63, 3.8) is 0 Å². The highest BCUT2D eigenvalue weighted by Crippen LogP contribution is 2.24. The van der Waals surface area contributed by atoms with E-state index in [1.165, 1.54) is 0 Å². The van der Waals surface area contributed by atoms with Gasteiger partial charge in [0.15, 0.2) is 0 Å². The number of nitrogens with one attached hydrogen (secondary N) is 1. The van der Waals surface area contributed by atoms with Gasteiger partial charge in [0.2, 0.25) is 5.91 Å². The summed E-state index contributed by atoms with van der Waals surface area (Å²) in [5.41, 5.74) is 3.08. The first kappa shape index (κ1) is 11.7. The first-order chi connectivity index (χ1) is 6.54. The number of rotatable bonds is 2. The van der Waals surface area contributed by atoms with E-state index >= 15 is 0 Å². The number of halogens is 2. The van der Waals surface area contributed by atoms with E-state index in [1.807, 2.05) is 26.0 Å². The van der Waals surface area contributed by atoms with Crippen molar-refractivity contribution in [2.24, 2.45) is 0 Å². The van der Waals surface area contributed by atoms with E-state index in [4.69, 9.17) is 0 Å². The van der Waals surface area contributed by atoms with Gasteiger partial charge in [0.25, 0.3) is 0 Å². The van der Waals surface area contributed by atoms with Gasteiger partial charge in [-0.05, 0) is 37.1 Å². The molecule has 0 radical (unpaired) electrons. The van der Waals surface area contributed by atoms with E-state index in [1.54, 1.807) is 0 Å². The Morgan fingerprint density at radius 1 is 1.36 bits per heavy atom. The first-order valence-electron chi connectivity index (χ1n) is 4.17. The monoisotopic (exact) mass is 319 g/mol. The van der Waals surface area contributed by atoms with Crippen LogP contribution in [0.2, 0.25) is 0 Å². The van der Waals surface area contributed by atoms with E-state index in [0.29, 0.717) is 5.33 Å². The highest BCUT2D eigenvalue weighted by atomic mass is 79.9. The Morgan fingerprint density at radius 2 is 1.86 bits per heavy atom. The third-order valence-corrected chi connectivity index (χ3v) is 3.60. The van der Waals surface area contributed by atoms with Crippen molar-refractivity contribution >= 4 is 43.5 Å². The van der Waals surface area contributed by atoms with E-state index in [9.17, 15) is 4.79 Å². The van der Waals surface area contributed by atoms with Crippen molar-refractivity contribution in [3.05, 3.63) is 27.7 Å². The molecule has 0 saturated heterocycles. The first-order valence-corrected chi connectivity index (χ1v) is 6.08. The molecule has 0 atom stereocenters. The summed E-state index contributed by atoms with van der Waals surface area (Å²) in [4.78, 5) is 11.1. The third kappa shape index (κ3) is 2.82. The van der Waals surface area contributed by atoms with Gasteiger partial charge in [-0.15, -0.1) is 0 Å². The lowest BCUT2D eigenvalue weighted by Gasteiger charge is -2.08. The highest BCUT2D eigenvalue weighted by Gasteiger charge is 2.04. The number of anilines is 1. The average Bonchev–Trinajstić information content (AvgIpc) is 2.14. The quantitative estimate of drug-likeness (QED) is 0.831. The Kier molecular flexibility index (Phi) is 4.13. The number of carbonyl (C=O) groups excluding carboxylic acids is 1. The predicted molar refractivity (Wildman–Crippen MR) is 66.0 cm³/mol. The molecule has 0 aliphatic carbocycles. The summed E-state index contributed by atoms with van der Waals surface area (Å²) in [6.07, 6.45) is 0. The maximum Gasteiger partial charge on any atom is 0.235 e. The number of alkyl halides is 1. The van der Waals surface area contributed by atoms with Crippen LogP contribution in [-0.2, 0) is 4.79 Å². The molecule has 0 aliphatic heterocycles. The number of hydrogen-bond donors (Lipinski definition) is 1. The Balaban J connectivity index is 2.95. The van der Waals surface area contributed by atoms with Crippen LogP contribution in [0.5, 0.6) is 0 Å². The molecule has 1 rings (SSSR count). The van der Waals surface area contributed by atoms with E-state index in [2.05, 4.69) is 37.2 Å². The summed E-state index contributed by atoms with van der Waals surface area (Å²) in [7, 11) is 0. The topological polar surface area (TPSA) is 29.1 Å². The van der Waals surface area contributed by atoms with Gasteiger partial charge in [0.05, 0.1) is 5.33 Å². The summed E-state index contributed by atoms with van der Waals surface area (Å²) in [6.45, 7) is 4.00. The zero-order chi connectivity index (χ0) is 10.7. The van der Waals surface area contributed by atoms with Crippen molar-refractivity contribution in [3.8, 4) is 0 Å². The van der Waals surface area contributed by atoms with Gasteiger partial charge in [-0.2, -0.15) is 0 Å². The molecule has 0 bridgehead atoms. The average molecular weight is 321 g/mol. The van der Waals surface area contributed by atoms with Gasteiger partial charge in [-0.1, -0.05) is 31.9 Å². The second-order valence-corrected chi connectivity index (χ2v) is 4.46. The third-order valence-electron chi connectivity index (χ3n) is 1.84. The fourth-order valence-electron chi connectivity index (χ4n) is 1.21. The molecule has 76 valence electrons. The van der Waals surface area contributed by atoms with E-state index in [0.717, 1.165) is 21.3 Å². The van der Waals surface area contributed by atoms with Crippen LogP contribution in [0.15, 0.2) is 16.6 Å². The summed E-state index contributed by atoms with van der Waals surface area (Å²) >= 11 is 6.58. The molecule has 2 nitrogen and oxygen atoms in total. The second-order valence-electron chi connectivity index (χ2n) is 3.11. The molecule has 1 aromatic carbocycles. The van der Waals surface area contributed by atoms with Gasteiger partial charge in [0.1, 0.15) is 0 Å². The highest BCUT2D eigenvalue weighted by molar-refractivity contribution is 9.10. The largest absolute Gasteiger partial charge is 0.325 e. The summed E-state index contributed by atoms with van der Waals surface area (Å²) in [6, 6.07) is 3.88. The Hall–Kier alpha value is -0.350. The minimum absolute atomic E-state index is 0.0360. The molecule has 0 heterocycles. The lowest BCUT2D eigenvalue weighted by Crippen LogP contribution is -2.12. The molecule has 1 amide bonds. The van der Waals surface area contributed by atoms with Crippen LogP contribution in [0, 0.1) is 13.8 Å². The van der Waals surface area contributed by atoms with Crippen molar-refractivity contribution in [2.75, 3.05) is 10.6 Å². The second kappa shape index (κ2) is 4.94. The van der Waals surface area contributed by atoms with Crippen LogP contribution >= 0.6 is 31.9 Å². The SMILES string of the molecule is Cc1cc(NC(=O)CBr)cc(C)c1Br. The van der Waals surface area contributed by atoms with Gasteiger partial charge in [-0.3, -0.25) is 4.79 Å². The number of amides is 1. The molecule has 14 heavy (non-hydrogen) atoms. The number of aryl methyl sites for hydroxylation is 2. The summed E-state index contributed by atoms with van der Waals surface area (Å²) < 4.78 is 1.09. The Morgan fingerprint density at radius 3 is 2.29 bits per heavy atom. The fraction of sp³-hybridized carbons (Fsp3) is 0.300. The molecule has 0 unspecified atom stereocenters. The number of benzene rings is 1. The van der Waals surface area contributed by atoms with Crippen LogP contribution in [0.4, 0.5) is 5.69 Å². The number of hydrogen-bond acceptors (Lipinski definition) is 1. The lowest BCUT2D eigenvalue weighted by molar-refractivity contribution is -0.113. The number of carbonyl (C=O) groups is 1. The van der Waals surface area contributed by atoms with Gasteiger partial charge in [0, 0.05) is 10.2 Å². The summed E-state index contributed by atoms with van der Waals surface area (Å²) in [5.74, 6) is -0.0360. The molecule has 0 aliphatic rings. The molecular weight excluding hydrogens is 310 g/mol. The fourth-order valence-corrected chi connectivity index (χ4v) is 1.58. The van der Waals surface area contributed by atoms with Crippen LogP contribution < -0.4 is 5.32 Å². The van der Waals surface area contributed by atoms with Crippen molar-refractivity contribution in [1.29, 1.82) is 0 Å². The van der Waals surface area contributed by atoms with Crippen molar-refractivity contribution in [1.82, 2.24) is 0 Å². The zero-order valence-electron chi connectivity index (χ0n) is 8.03. The molecule has 0 saturated carbocycles. The van der Waals surface area contributed by atoms with Crippen molar-refractivity contribution < 1.29 is 4.79 Å². The van der Waals surface area contributed by atoms with Crippen molar-refractivity contribution in [2.45, 2.75) is 13.8 Å². The smallest absolute Gasteiger partial charge is 0.235 e. The molecule has 0 aromatic heterocycles. The zero-order valence-corrected chi connectivity index (χ0v) is 11.2.